The molecule has 0 unspecified atom stereocenters. The molecule has 0 N–H and O–H groups in total. The molecule has 1 aromatic carbocycles. The van der Waals surface area contributed by atoms with E-state index in [4.69, 9.17) is 0 Å². The maximum absolute atomic E-state index is 11.7. The van der Waals surface area contributed by atoms with E-state index < -0.39 is 0 Å². The molecular formula is C9H10F. The maximum atomic E-state index is 11.7. The number of benzene rings is 1. The monoisotopic (exact) mass is 137 g/mol. The Hall–Kier alpha value is -0.850. The van der Waals surface area contributed by atoms with Crippen molar-refractivity contribution in [3.63, 3.8) is 0 Å². The van der Waals surface area contributed by atoms with Crippen LogP contribution in [-0.2, 0) is 6.42 Å². The van der Waals surface area contributed by atoms with Gasteiger partial charge < -0.3 is 0 Å². The summed E-state index contributed by atoms with van der Waals surface area (Å²) in [5.74, 6) is 0. The van der Waals surface area contributed by atoms with E-state index in [0.717, 1.165) is 12.0 Å². The van der Waals surface area contributed by atoms with Crippen molar-refractivity contribution < 1.29 is 4.39 Å². The summed E-state index contributed by atoms with van der Waals surface area (Å²) in [5, 5.41) is 0. The van der Waals surface area contributed by atoms with Crippen molar-refractivity contribution in [3.8, 4) is 0 Å². The Morgan fingerprint density at radius 3 is 2.90 bits per heavy atom. The number of alkyl halides is 1. The summed E-state index contributed by atoms with van der Waals surface area (Å²) < 4.78 is 11.7. The second kappa shape index (κ2) is 4.04. The van der Waals surface area contributed by atoms with Crippen LogP contribution in [0.25, 0.3) is 0 Å². The zero-order chi connectivity index (χ0) is 7.23. The van der Waals surface area contributed by atoms with E-state index in [1.807, 2.05) is 24.3 Å². The van der Waals surface area contributed by atoms with Gasteiger partial charge in [-0.15, -0.1) is 0 Å². The van der Waals surface area contributed by atoms with Crippen LogP contribution in [0.3, 0.4) is 0 Å². The number of hydrogen-bond donors (Lipinski definition) is 0. The van der Waals surface area contributed by atoms with E-state index in [2.05, 4.69) is 6.07 Å². The van der Waals surface area contributed by atoms with Gasteiger partial charge in [-0.05, 0) is 24.5 Å². The van der Waals surface area contributed by atoms with Crippen LogP contribution in [0, 0.1) is 6.07 Å². The van der Waals surface area contributed by atoms with Gasteiger partial charge in [0.25, 0.3) is 0 Å². The highest BCUT2D eigenvalue weighted by Gasteiger charge is 1.89. The molecule has 0 aromatic heterocycles. The van der Waals surface area contributed by atoms with Crippen molar-refractivity contribution >= 4 is 0 Å². The first-order chi connectivity index (χ1) is 4.93. The number of rotatable bonds is 3. The van der Waals surface area contributed by atoms with E-state index in [1.54, 1.807) is 0 Å². The van der Waals surface area contributed by atoms with Crippen molar-refractivity contribution in [1.82, 2.24) is 0 Å². The van der Waals surface area contributed by atoms with Gasteiger partial charge in [0.05, 0.1) is 6.67 Å². The number of aryl methyl sites for hydroxylation is 1. The number of hydrogen-bond acceptors (Lipinski definition) is 0. The predicted molar refractivity (Wildman–Crippen MR) is 39.6 cm³/mol. The highest BCUT2D eigenvalue weighted by molar-refractivity contribution is 5.12. The number of halogens is 1. The van der Waals surface area contributed by atoms with Gasteiger partial charge >= 0.3 is 0 Å². The van der Waals surface area contributed by atoms with Crippen LogP contribution in [0.1, 0.15) is 12.0 Å². The standard InChI is InChI=1S/C9H10F/c10-8-4-7-9-5-2-1-3-6-9/h1-3,5H,4,7-8H2. The Kier molecular flexibility index (Phi) is 2.94. The maximum Gasteiger partial charge on any atom is 0.0897 e. The molecule has 0 aliphatic heterocycles. The van der Waals surface area contributed by atoms with Crippen LogP contribution in [0.2, 0.25) is 0 Å². The molecule has 0 saturated carbocycles. The highest BCUT2D eigenvalue weighted by Crippen LogP contribution is 2.00. The molecule has 10 heavy (non-hydrogen) atoms. The topological polar surface area (TPSA) is 0 Å². The SMILES string of the molecule is FCCCc1[c]cccc1. The minimum Gasteiger partial charge on any atom is -0.251 e. The van der Waals surface area contributed by atoms with Gasteiger partial charge in [-0.2, -0.15) is 0 Å². The Balaban J connectivity index is 2.43. The van der Waals surface area contributed by atoms with E-state index in [1.165, 1.54) is 0 Å². The molecule has 1 rings (SSSR count). The van der Waals surface area contributed by atoms with Gasteiger partial charge in [-0.3, -0.25) is 4.39 Å². The summed E-state index contributed by atoms with van der Waals surface area (Å²) in [6.45, 7) is -0.233. The predicted octanol–water partition coefficient (Wildman–Crippen LogP) is 2.39. The average Bonchev–Trinajstić information content (AvgIpc) is 2.03. The van der Waals surface area contributed by atoms with Crippen LogP contribution in [0.15, 0.2) is 24.3 Å². The van der Waals surface area contributed by atoms with Crippen LogP contribution in [0.5, 0.6) is 0 Å². The molecule has 53 valence electrons. The van der Waals surface area contributed by atoms with Crippen LogP contribution in [-0.4, -0.2) is 6.67 Å². The fourth-order valence-corrected chi connectivity index (χ4v) is 0.843. The molecule has 0 bridgehead atoms. The summed E-state index contributed by atoms with van der Waals surface area (Å²) in [6.07, 6.45) is 1.41. The minimum absolute atomic E-state index is 0.233. The first-order valence-corrected chi connectivity index (χ1v) is 3.45. The Morgan fingerprint density at radius 1 is 1.40 bits per heavy atom. The van der Waals surface area contributed by atoms with Crippen molar-refractivity contribution in [2.75, 3.05) is 6.67 Å². The van der Waals surface area contributed by atoms with Gasteiger partial charge in [0, 0.05) is 0 Å². The van der Waals surface area contributed by atoms with Crippen LogP contribution in [0.4, 0.5) is 4.39 Å². The minimum atomic E-state index is -0.233. The molecule has 0 saturated heterocycles. The van der Waals surface area contributed by atoms with Crippen molar-refractivity contribution in [2.24, 2.45) is 0 Å². The highest BCUT2D eigenvalue weighted by atomic mass is 19.1. The summed E-state index contributed by atoms with van der Waals surface area (Å²) in [4.78, 5) is 0. The second-order valence-corrected chi connectivity index (χ2v) is 2.18. The molecule has 0 aliphatic carbocycles. The zero-order valence-electron chi connectivity index (χ0n) is 5.81. The molecule has 0 amide bonds. The third-order valence-corrected chi connectivity index (χ3v) is 1.35. The molecule has 0 nitrogen and oxygen atoms in total. The summed E-state index contributed by atoms with van der Waals surface area (Å²) in [6, 6.07) is 10.7. The Bertz CT molecular complexity index is 169. The van der Waals surface area contributed by atoms with Gasteiger partial charge in [-0.1, -0.05) is 24.3 Å². The van der Waals surface area contributed by atoms with E-state index >= 15 is 0 Å². The van der Waals surface area contributed by atoms with Crippen LogP contribution < -0.4 is 0 Å². The molecule has 1 aromatic rings. The van der Waals surface area contributed by atoms with E-state index in [-0.39, 0.29) is 6.67 Å². The first-order valence-electron chi connectivity index (χ1n) is 3.45. The van der Waals surface area contributed by atoms with Gasteiger partial charge in [-0.25, -0.2) is 0 Å². The second-order valence-electron chi connectivity index (χ2n) is 2.18. The summed E-state index contributed by atoms with van der Waals surface area (Å²) in [5.41, 5.74) is 1.10. The molecular weight excluding hydrogens is 127 g/mol. The lowest BCUT2D eigenvalue weighted by Crippen LogP contribution is -1.85. The third kappa shape index (κ3) is 2.18. The lowest BCUT2D eigenvalue weighted by molar-refractivity contribution is 0.473. The van der Waals surface area contributed by atoms with Gasteiger partial charge in [0.1, 0.15) is 0 Å². The molecule has 0 atom stereocenters. The van der Waals surface area contributed by atoms with Crippen molar-refractivity contribution in [3.05, 3.63) is 35.9 Å². The summed E-state index contributed by atoms with van der Waals surface area (Å²) >= 11 is 0. The molecule has 1 radical (unpaired) electrons. The fourth-order valence-electron chi connectivity index (χ4n) is 0.843. The quantitative estimate of drug-likeness (QED) is 0.600. The van der Waals surface area contributed by atoms with E-state index in [9.17, 15) is 4.39 Å². The normalized spacial score (nSPS) is 9.70. The Labute approximate surface area is 60.7 Å². The van der Waals surface area contributed by atoms with E-state index in [0.29, 0.717) is 6.42 Å². The lowest BCUT2D eigenvalue weighted by Gasteiger charge is -1.94. The molecule has 1 heteroatoms. The van der Waals surface area contributed by atoms with Gasteiger partial charge in [0.15, 0.2) is 0 Å². The zero-order valence-corrected chi connectivity index (χ0v) is 5.81. The smallest absolute Gasteiger partial charge is 0.0897 e. The molecule has 0 spiro atoms. The van der Waals surface area contributed by atoms with Crippen molar-refractivity contribution in [1.29, 1.82) is 0 Å². The molecule has 0 aliphatic rings. The first kappa shape index (κ1) is 7.26. The van der Waals surface area contributed by atoms with Crippen LogP contribution >= 0.6 is 0 Å². The fraction of sp³-hybridized carbons (Fsp3) is 0.333. The molecule has 0 fully saturated rings. The largest absolute Gasteiger partial charge is 0.251 e. The average molecular weight is 137 g/mol. The third-order valence-electron chi connectivity index (χ3n) is 1.35. The lowest BCUT2D eigenvalue weighted by atomic mass is 10.1. The summed E-state index contributed by atoms with van der Waals surface area (Å²) in [7, 11) is 0. The van der Waals surface area contributed by atoms with Crippen molar-refractivity contribution in [2.45, 2.75) is 12.8 Å². The van der Waals surface area contributed by atoms with Gasteiger partial charge in [0.2, 0.25) is 0 Å². The Morgan fingerprint density at radius 2 is 2.30 bits per heavy atom. The molecule has 0 heterocycles.